The fourth-order valence-corrected chi connectivity index (χ4v) is 5.24. The van der Waals surface area contributed by atoms with Gasteiger partial charge in [0, 0.05) is 29.6 Å². The van der Waals surface area contributed by atoms with Crippen LogP contribution in [0.4, 0.5) is 0 Å². The van der Waals surface area contributed by atoms with Gasteiger partial charge in [-0.1, -0.05) is 12.1 Å². The van der Waals surface area contributed by atoms with Crippen LogP contribution in [-0.2, 0) is 16.1 Å². The second-order valence-electron chi connectivity index (χ2n) is 9.74. The number of nitrogens with one attached hydrogen (secondary N) is 1. The molecule has 0 bridgehead atoms. The molecule has 1 unspecified atom stereocenters. The van der Waals surface area contributed by atoms with Crippen LogP contribution in [0.1, 0.15) is 49.7 Å². The summed E-state index contributed by atoms with van der Waals surface area (Å²) in [6.07, 6.45) is 1.24. The number of H-pyrrole nitrogens is 1. The van der Waals surface area contributed by atoms with E-state index >= 15 is 0 Å². The van der Waals surface area contributed by atoms with E-state index in [0.717, 1.165) is 28.0 Å². The molecule has 11 heteroatoms. The Morgan fingerprint density at radius 3 is 2.50 bits per heavy atom. The highest BCUT2D eigenvalue weighted by Crippen LogP contribution is 2.32. The summed E-state index contributed by atoms with van der Waals surface area (Å²) in [4.78, 5) is 31.2. The molecule has 1 aliphatic rings. The lowest BCUT2D eigenvalue weighted by Crippen LogP contribution is -2.42. The maximum atomic E-state index is 13.5. The van der Waals surface area contributed by atoms with Crippen LogP contribution in [-0.4, -0.2) is 69.5 Å². The van der Waals surface area contributed by atoms with Crippen molar-refractivity contribution in [2.24, 2.45) is 5.92 Å². The van der Waals surface area contributed by atoms with Crippen LogP contribution in [0.25, 0.3) is 10.9 Å². The summed E-state index contributed by atoms with van der Waals surface area (Å²) in [5.41, 5.74) is 2.02. The molecular weight excluding hydrogens is 512 g/mol. The van der Waals surface area contributed by atoms with Crippen LogP contribution < -0.4 is 15.0 Å². The molecule has 1 fully saturated rings. The van der Waals surface area contributed by atoms with E-state index in [-0.39, 0.29) is 17.4 Å². The van der Waals surface area contributed by atoms with E-state index in [2.05, 4.69) is 25.4 Å². The standard InChI is InChI=1S/C29H34N6O5/c1-4-39-23-10-11-25-21(16-23)17-24(28(36)30-25)26(34-14-12-20(13-15-34)29(37)40-5-2)27-31-32-33-35(27)18-19-6-8-22(38-3)9-7-19/h6-11,16-17,20,26H,4-5,12-15,18H2,1-3H3,(H,30,36). The predicted molar refractivity (Wildman–Crippen MR) is 148 cm³/mol. The van der Waals surface area contributed by atoms with Crippen molar-refractivity contribution in [1.29, 1.82) is 0 Å². The van der Waals surface area contributed by atoms with Crippen LogP contribution in [0, 0.1) is 5.92 Å². The lowest BCUT2D eigenvalue weighted by molar-refractivity contribution is -0.149. The van der Waals surface area contributed by atoms with E-state index in [1.54, 1.807) is 11.8 Å². The molecule has 1 atom stereocenters. The van der Waals surface area contributed by atoms with Crippen LogP contribution in [0.5, 0.6) is 11.5 Å². The molecule has 0 spiro atoms. The van der Waals surface area contributed by atoms with Gasteiger partial charge in [-0.25, -0.2) is 4.68 Å². The van der Waals surface area contributed by atoms with Crippen LogP contribution >= 0.6 is 0 Å². The molecule has 1 aliphatic heterocycles. The van der Waals surface area contributed by atoms with Gasteiger partial charge >= 0.3 is 5.97 Å². The number of carbonyl (C=O) groups excluding carboxylic acids is 1. The number of benzene rings is 2. The molecule has 0 radical (unpaired) electrons. The van der Waals surface area contributed by atoms with Crippen LogP contribution in [0.2, 0.25) is 0 Å². The number of methoxy groups -OCH3 is 1. The number of nitrogens with zero attached hydrogens (tertiary/aromatic N) is 5. The van der Waals surface area contributed by atoms with Gasteiger partial charge in [-0.05, 0) is 79.1 Å². The third-order valence-electron chi connectivity index (χ3n) is 7.26. The minimum Gasteiger partial charge on any atom is -0.497 e. The number of carbonyl (C=O) groups is 1. The zero-order chi connectivity index (χ0) is 28.1. The maximum Gasteiger partial charge on any atom is 0.309 e. The molecular formula is C29H34N6O5. The SMILES string of the molecule is CCOC(=O)C1CCN(C(c2cc3cc(OCC)ccc3[nH]c2=O)c2nnnn2Cc2ccc(OC)cc2)CC1. The van der Waals surface area contributed by atoms with Gasteiger partial charge < -0.3 is 19.2 Å². The minimum atomic E-state index is -0.528. The third kappa shape index (κ3) is 5.84. The third-order valence-corrected chi connectivity index (χ3v) is 7.26. The summed E-state index contributed by atoms with van der Waals surface area (Å²) in [5, 5.41) is 13.5. The highest BCUT2D eigenvalue weighted by Gasteiger charge is 2.35. The monoisotopic (exact) mass is 546 g/mol. The molecule has 0 saturated carbocycles. The number of rotatable bonds is 10. The van der Waals surface area contributed by atoms with Crippen molar-refractivity contribution >= 4 is 16.9 Å². The zero-order valence-corrected chi connectivity index (χ0v) is 23.0. The van der Waals surface area contributed by atoms with Gasteiger partial charge in [0.2, 0.25) is 0 Å². The zero-order valence-electron chi connectivity index (χ0n) is 23.0. The Kier molecular flexibility index (Phi) is 8.40. The Morgan fingerprint density at radius 2 is 1.80 bits per heavy atom. The van der Waals surface area contributed by atoms with Gasteiger partial charge in [-0.3, -0.25) is 14.5 Å². The highest BCUT2D eigenvalue weighted by atomic mass is 16.5. The first-order valence-electron chi connectivity index (χ1n) is 13.6. The number of aromatic amines is 1. The molecule has 2 aromatic carbocycles. The van der Waals surface area contributed by atoms with Crippen LogP contribution in [0.15, 0.2) is 53.3 Å². The normalized spacial score (nSPS) is 15.2. The van der Waals surface area contributed by atoms with Crippen molar-refractivity contribution < 1.29 is 19.0 Å². The Hall–Kier alpha value is -4.25. The van der Waals surface area contributed by atoms with E-state index in [4.69, 9.17) is 14.2 Å². The van der Waals surface area contributed by atoms with Crippen molar-refractivity contribution in [3.63, 3.8) is 0 Å². The number of hydrogen-bond acceptors (Lipinski definition) is 9. The van der Waals surface area contributed by atoms with Crippen molar-refractivity contribution in [1.82, 2.24) is 30.1 Å². The van der Waals surface area contributed by atoms with Gasteiger partial charge in [-0.15, -0.1) is 5.10 Å². The lowest BCUT2D eigenvalue weighted by atomic mass is 9.94. The smallest absolute Gasteiger partial charge is 0.309 e. The predicted octanol–water partition coefficient (Wildman–Crippen LogP) is 3.33. The number of likely N-dealkylation sites (tertiary alicyclic amines) is 1. The molecule has 2 aromatic heterocycles. The minimum absolute atomic E-state index is 0.171. The average molecular weight is 547 g/mol. The topological polar surface area (TPSA) is 124 Å². The second-order valence-corrected chi connectivity index (χ2v) is 9.74. The fraction of sp³-hybridized carbons (Fsp3) is 0.414. The summed E-state index contributed by atoms with van der Waals surface area (Å²) in [6.45, 7) is 6.23. The molecule has 0 aliphatic carbocycles. The fourth-order valence-electron chi connectivity index (χ4n) is 5.24. The van der Waals surface area contributed by atoms with E-state index in [1.807, 2.05) is 62.4 Å². The molecule has 4 aromatic rings. The lowest BCUT2D eigenvalue weighted by Gasteiger charge is -2.36. The van der Waals surface area contributed by atoms with Gasteiger partial charge in [-0.2, -0.15) is 0 Å². The van der Waals surface area contributed by atoms with Crippen molar-refractivity contribution in [3.05, 3.63) is 75.8 Å². The van der Waals surface area contributed by atoms with E-state index in [1.165, 1.54) is 0 Å². The van der Waals surface area contributed by atoms with Crippen LogP contribution in [0.3, 0.4) is 0 Å². The Bertz CT molecular complexity index is 1510. The average Bonchev–Trinajstić information content (AvgIpc) is 3.42. The summed E-state index contributed by atoms with van der Waals surface area (Å²) < 4.78 is 18.0. The van der Waals surface area contributed by atoms with Crippen molar-refractivity contribution in [2.45, 2.75) is 39.3 Å². The molecule has 5 rings (SSSR count). The number of hydrogen-bond donors (Lipinski definition) is 1. The van der Waals surface area contributed by atoms with Crippen molar-refractivity contribution in [2.75, 3.05) is 33.4 Å². The second kappa shape index (κ2) is 12.3. The Balaban J connectivity index is 1.53. The van der Waals surface area contributed by atoms with Gasteiger partial charge in [0.05, 0.1) is 32.8 Å². The number of piperidine rings is 1. The number of ether oxygens (including phenoxy) is 3. The Labute approximate surface area is 232 Å². The van der Waals surface area contributed by atoms with Gasteiger partial charge in [0.15, 0.2) is 5.82 Å². The number of aromatic nitrogens is 5. The van der Waals surface area contributed by atoms with E-state index in [0.29, 0.717) is 57.1 Å². The van der Waals surface area contributed by atoms with E-state index in [9.17, 15) is 9.59 Å². The van der Waals surface area contributed by atoms with Gasteiger partial charge in [0.1, 0.15) is 17.5 Å². The molecule has 11 nitrogen and oxygen atoms in total. The molecule has 1 N–H and O–H groups in total. The Morgan fingerprint density at radius 1 is 1.05 bits per heavy atom. The first-order valence-corrected chi connectivity index (χ1v) is 13.6. The number of fused-ring (bicyclic) bond motifs is 1. The summed E-state index contributed by atoms with van der Waals surface area (Å²) in [5.74, 6) is 1.70. The molecule has 40 heavy (non-hydrogen) atoms. The molecule has 1 saturated heterocycles. The molecule has 210 valence electrons. The van der Waals surface area contributed by atoms with Gasteiger partial charge in [0.25, 0.3) is 5.56 Å². The quantitative estimate of drug-likeness (QED) is 0.298. The molecule has 0 amide bonds. The summed E-state index contributed by atoms with van der Waals surface area (Å²) in [6, 6.07) is 14.7. The highest BCUT2D eigenvalue weighted by molar-refractivity contribution is 5.80. The number of tetrazole rings is 1. The molecule has 3 heterocycles. The maximum absolute atomic E-state index is 13.5. The first kappa shape index (κ1) is 27.3. The number of pyridine rings is 1. The largest absolute Gasteiger partial charge is 0.497 e. The van der Waals surface area contributed by atoms with E-state index < -0.39 is 6.04 Å². The first-order chi connectivity index (χ1) is 19.5. The summed E-state index contributed by atoms with van der Waals surface area (Å²) in [7, 11) is 1.63. The number of esters is 1. The summed E-state index contributed by atoms with van der Waals surface area (Å²) >= 11 is 0. The van der Waals surface area contributed by atoms with Crippen molar-refractivity contribution in [3.8, 4) is 11.5 Å².